The summed E-state index contributed by atoms with van der Waals surface area (Å²) in [6.45, 7) is 5.56. The van der Waals surface area contributed by atoms with Crippen LogP contribution >= 0.6 is 23.4 Å². The van der Waals surface area contributed by atoms with Gasteiger partial charge in [0.05, 0.1) is 0 Å². The molecule has 3 aromatic carbocycles. The second kappa shape index (κ2) is 8.97. The van der Waals surface area contributed by atoms with Gasteiger partial charge in [-0.1, -0.05) is 78.0 Å². The number of hydrogen-bond donors (Lipinski definition) is 0. The second-order valence-corrected chi connectivity index (χ2v) is 9.83. The van der Waals surface area contributed by atoms with E-state index in [9.17, 15) is 4.79 Å². The van der Waals surface area contributed by atoms with Crippen LogP contribution in [-0.2, 0) is 17.3 Å². The quantitative estimate of drug-likeness (QED) is 0.300. The van der Waals surface area contributed by atoms with Gasteiger partial charge in [-0.25, -0.2) is 4.98 Å². The van der Waals surface area contributed by atoms with Crippen LogP contribution in [0.15, 0.2) is 88.8 Å². The van der Waals surface area contributed by atoms with Crippen molar-refractivity contribution < 1.29 is 4.79 Å². The number of carbonyl (C=O) groups excluding carboxylic acids is 1. The third-order valence-electron chi connectivity index (χ3n) is 5.86. The zero-order valence-electron chi connectivity index (χ0n) is 18.6. The average Bonchev–Trinajstić information content (AvgIpc) is 3.12. The van der Waals surface area contributed by atoms with Crippen molar-refractivity contribution in [2.24, 2.45) is 7.05 Å². The van der Waals surface area contributed by atoms with Crippen molar-refractivity contribution in [3.63, 3.8) is 0 Å². The van der Waals surface area contributed by atoms with Crippen molar-refractivity contribution in [1.82, 2.24) is 9.55 Å². The first-order chi connectivity index (χ1) is 15.3. The van der Waals surface area contributed by atoms with Crippen LogP contribution in [-0.4, -0.2) is 15.3 Å². The maximum absolute atomic E-state index is 12.1. The normalized spacial score (nSPS) is 11.5. The Balaban J connectivity index is 1.81. The lowest BCUT2D eigenvalue weighted by Gasteiger charge is -2.21. The fourth-order valence-electron chi connectivity index (χ4n) is 3.50. The van der Waals surface area contributed by atoms with E-state index in [-0.39, 0.29) is 5.78 Å². The number of benzene rings is 3. The van der Waals surface area contributed by atoms with E-state index < -0.39 is 5.41 Å². The molecule has 0 bridgehead atoms. The standard InChI is InChI=1S/C27H25ClN2OS/c1-18(31)27(2,3)21-12-10-19(11-13-21)24-26(32-23-16-14-22(28)15-17-23)30(4)25(29-24)20-8-6-5-7-9-20/h5-17H,1-4H3. The van der Waals surface area contributed by atoms with Crippen molar-refractivity contribution in [2.75, 3.05) is 0 Å². The van der Waals surface area contributed by atoms with E-state index in [4.69, 9.17) is 16.6 Å². The number of nitrogens with zero attached hydrogens (tertiary/aromatic N) is 2. The van der Waals surface area contributed by atoms with E-state index in [0.29, 0.717) is 5.02 Å². The van der Waals surface area contributed by atoms with E-state index in [0.717, 1.165) is 38.1 Å². The van der Waals surface area contributed by atoms with Crippen LogP contribution < -0.4 is 0 Å². The van der Waals surface area contributed by atoms with E-state index in [1.54, 1.807) is 18.7 Å². The first-order valence-corrected chi connectivity index (χ1v) is 11.6. The summed E-state index contributed by atoms with van der Waals surface area (Å²) in [7, 11) is 2.05. The lowest BCUT2D eigenvalue weighted by Crippen LogP contribution is -2.26. The minimum Gasteiger partial charge on any atom is -0.322 e. The Hall–Kier alpha value is -2.82. The van der Waals surface area contributed by atoms with Crippen molar-refractivity contribution in [1.29, 1.82) is 0 Å². The van der Waals surface area contributed by atoms with Crippen molar-refractivity contribution in [2.45, 2.75) is 36.1 Å². The molecular weight excluding hydrogens is 436 g/mol. The van der Waals surface area contributed by atoms with Gasteiger partial charge < -0.3 is 4.57 Å². The first-order valence-electron chi connectivity index (χ1n) is 10.4. The maximum atomic E-state index is 12.1. The zero-order chi connectivity index (χ0) is 22.9. The number of imidazole rings is 1. The molecule has 4 rings (SSSR count). The van der Waals surface area contributed by atoms with Crippen molar-refractivity contribution >= 4 is 29.1 Å². The molecule has 0 amide bonds. The number of aromatic nitrogens is 2. The van der Waals surface area contributed by atoms with Crippen molar-refractivity contribution in [3.05, 3.63) is 89.4 Å². The van der Waals surface area contributed by atoms with Crippen LogP contribution in [0.4, 0.5) is 0 Å². The summed E-state index contributed by atoms with van der Waals surface area (Å²) >= 11 is 7.74. The molecule has 1 aromatic heterocycles. The molecule has 0 aliphatic heterocycles. The van der Waals surface area contributed by atoms with E-state index in [1.165, 1.54) is 0 Å². The Morgan fingerprint density at radius 3 is 2.12 bits per heavy atom. The monoisotopic (exact) mass is 460 g/mol. The SMILES string of the molecule is CC(=O)C(C)(C)c1ccc(-c2nc(-c3ccccc3)n(C)c2Sc2ccc(Cl)cc2)cc1. The molecule has 0 saturated heterocycles. The fourth-order valence-corrected chi connectivity index (χ4v) is 4.60. The Labute approximate surface area is 198 Å². The molecule has 0 N–H and O–H groups in total. The molecule has 0 radical (unpaired) electrons. The highest BCUT2D eigenvalue weighted by molar-refractivity contribution is 7.99. The highest BCUT2D eigenvalue weighted by atomic mass is 35.5. The van der Waals surface area contributed by atoms with E-state index in [2.05, 4.69) is 28.8 Å². The Kier molecular flexibility index (Phi) is 6.27. The molecule has 0 aliphatic carbocycles. The largest absolute Gasteiger partial charge is 0.322 e. The highest BCUT2D eigenvalue weighted by Crippen LogP contribution is 2.39. The van der Waals surface area contributed by atoms with Crippen molar-refractivity contribution in [3.8, 4) is 22.6 Å². The summed E-state index contributed by atoms with van der Waals surface area (Å²) in [6, 6.07) is 26.2. The van der Waals surface area contributed by atoms with Crippen LogP contribution in [0.2, 0.25) is 5.02 Å². The third-order valence-corrected chi connectivity index (χ3v) is 7.28. The van der Waals surface area contributed by atoms with Gasteiger partial charge in [-0.2, -0.15) is 0 Å². The van der Waals surface area contributed by atoms with Crippen LogP contribution in [0.3, 0.4) is 0 Å². The lowest BCUT2D eigenvalue weighted by molar-refractivity contribution is -0.121. The minimum absolute atomic E-state index is 0.147. The number of Topliss-reactive ketones (excluding diaryl/α,β-unsaturated/α-hetero) is 1. The molecule has 0 unspecified atom stereocenters. The van der Waals surface area contributed by atoms with Gasteiger partial charge in [0.2, 0.25) is 0 Å². The zero-order valence-corrected chi connectivity index (χ0v) is 20.2. The van der Waals surface area contributed by atoms with Gasteiger partial charge in [-0.15, -0.1) is 0 Å². The lowest BCUT2D eigenvalue weighted by atomic mass is 9.81. The number of rotatable bonds is 6. The van der Waals surface area contributed by atoms with Crippen LogP contribution in [0.25, 0.3) is 22.6 Å². The Morgan fingerprint density at radius 2 is 1.53 bits per heavy atom. The second-order valence-electron chi connectivity index (χ2n) is 8.33. The maximum Gasteiger partial charge on any atom is 0.141 e. The summed E-state index contributed by atoms with van der Waals surface area (Å²) in [4.78, 5) is 18.2. The number of ketones is 1. The molecular formula is C27H25ClN2OS. The minimum atomic E-state index is -0.515. The summed E-state index contributed by atoms with van der Waals surface area (Å²) in [5, 5.41) is 1.76. The van der Waals surface area contributed by atoms with Gasteiger partial charge in [0, 0.05) is 33.5 Å². The van der Waals surface area contributed by atoms with Gasteiger partial charge in [0.1, 0.15) is 22.3 Å². The van der Waals surface area contributed by atoms with Gasteiger partial charge in [-0.05, 0) is 50.6 Å². The fraction of sp³-hybridized carbons (Fsp3) is 0.185. The molecule has 162 valence electrons. The van der Waals surface area contributed by atoms with Crippen LogP contribution in [0.5, 0.6) is 0 Å². The molecule has 3 nitrogen and oxygen atoms in total. The molecule has 1 heterocycles. The van der Waals surface area contributed by atoms with Gasteiger partial charge in [0.15, 0.2) is 0 Å². The summed E-state index contributed by atoms with van der Waals surface area (Å²) in [5.74, 6) is 1.05. The topological polar surface area (TPSA) is 34.9 Å². The van der Waals surface area contributed by atoms with Gasteiger partial charge in [0.25, 0.3) is 0 Å². The van der Waals surface area contributed by atoms with Crippen LogP contribution in [0.1, 0.15) is 26.3 Å². The predicted molar refractivity (Wildman–Crippen MR) is 133 cm³/mol. The third kappa shape index (κ3) is 4.38. The Bertz CT molecular complexity index is 1240. The molecule has 0 spiro atoms. The molecule has 0 saturated carbocycles. The summed E-state index contributed by atoms with van der Waals surface area (Å²) in [5.41, 5.74) is 3.48. The van der Waals surface area contributed by atoms with E-state index >= 15 is 0 Å². The highest BCUT2D eigenvalue weighted by Gasteiger charge is 2.26. The Morgan fingerprint density at radius 1 is 0.906 bits per heavy atom. The molecule has 32 heavy (non-hydrogen) atoms. The molecule has 0 atom stereocenters. The molecule has 0 fully saturated rings. The molecule has 0 aliphatic rings. The number of hydrogen-bond acceptors (Lipinski definition) is 3. The van der Waals surface area contributed by atoms with Gasteiger partial charge in [-0.3, -0.25) is 4.79 Å². The smallest absolute Gasteiger partial charge is 0.141 e. The van der Waals surface area contributed by atoms with E-state index in [1.807, 2.05) is 75.5 Å². The molecule has 5 heteroatoms. The average molecular weight is 461 g/mol. The van der Waals surface area contributed by atoms with Gasteiger partial charge >= 0.3 is 0 Å². The first kappa shape index (κ1) is 22.4. The summed E-state index contributed by atoms with van der Waals surface area (Å²) < 4.78 is 2.14. The predicted octanol–water partition coefficient (Wildman–Crippen LogP) is 7.43. The summed E-state index contributed by atoms with van der Waals surface area (Å²) in [6.07, 6.45) is 0. The molecule has 4 aromatic rings. The number of halogens is 1. The van der Waals surface area contributed by atoms with Crippen LogP contribution in [0, 0.1) is 0 Å². The number of carbonyl (C=O) groups is 1.